The van der Waals surface area contributed by atoms with Crippen molar-refractivity contribution in [2.45, 2.75) is 10.3 Å². The van der Waals surface area contributed by atoms with Gasteiger partial charge in [0.25, 0.3) is 5.91 Å². The number of halogens is 1. The second-order valence-corrected chi connectivity index (χ2v) is 9.12. The van der Waals surface area contributed by atoms with Crippen LogP contribution in [0.1, 0.15) is 11.6 Å². The van der Waals surface area contributed by atoms with Crippen molar-refractivity contribution in [3.05, 3.63) is 47.1 Å². The van der Waals surface area contributed by atoms with Gasteiger partial charge in [-0.15, -0.1) is 23.1 Å². The standard InChI is InChI=1S/C19H19FN4OS2/c20-14-3-1-2-4-15(14)23-6-8-24(9-7-23)18(25)17-13-11-27-19-12(5-10-26-19)16(13)21-22-17/h1-5,10,13,16,21H,6-9,11H2. The summed E-state index contributed by atoms with van der Waals surface area (Å²) in [5.74, 6) is 0.803. The third-order valence-electron chi connectivity index (χ3n) is 5.44. The van der Waals surface area contributed by atoms with E-state index in [1.54, 1.807) is 23.5 Å². The van der Waals surface area contributed by atoms with E-state index in [9.17, 15) is 9.18 Å². The molecule has 1 aromatic heterocycles. The average molecular weight is 403 g/mol. The number of rotatable bonds is 2. The first kappa shape index (κ1) is 17.1. The molecule has 27 heavy (non-hydrogen) atoms. The van der Waals surface area contributed by atoms with Crippen LogP contribution in [0.2, 0.25) is 0 Å². The molecule has 8 heteroatoms. The Morgan fingerprint density at radius 2 is 2.00 bits per heavy atom. The fourth-order valence-corrected chi connectivity index (χ4v) is 6.33. The summed E-state index contributed by atoms with van der Waals surface area (Å²) in [5, 5.41) is 6.52. The molecule has 3 aliphatic rings. The monoisotopic (exact) mass is 402 g/mol. The third-order valence-corrected chi connectivity index (χ3v) is 7.83. The van der Waals surface area contributed by atoms with Gasteiger partial charge in [-0.2, -0.15) is 5.10 Å². The zero-order valence-corrected chi connectivity index (χ0v) is 16.2. The number of thiophene rings is 1. The van der Waals surface area contributed by atoms with Gasteiger partial charge in [-0.25, -0.2) is 4.39 Å². The number of piperazine rings is 1. The minimum Gasteiger partial charge on any atom is -0.366 e. The Kier molecular flexibility index (Phi) is 4.32. The zero-order valence-electron chi connectivity index (χ0n) is 14.6. The summed E-state index contributed by atoms with van der Waals surface area (Å²) in [4.78, 5) is 16.9. The molecule has 0 spiro atoms. The van der Waals surface area contributed by atoms with E-state index in [2.05, 4.69) is 22.0 Å². The smallest absolute Gasteiger partial charge is 0.270 e. The Morgan fingerprint density at radius 3 is 2.81 bits per heavy atom. The molecular formula is C19H19FN4OS2. The van der Waals surface area contributed by atoms with Gasteiger partial charge in [0.1, 0.15) is 11.5 Å². The highest BCUT2D eigenvalue weighted by atomic mass is 32.2. The van der Waals surface area contributed by atoms with Crippen LogP contribution in [0, 0.1) is 11.7 Å². The van der Waals surface area contributed by atoms with Gasteiger partial charge in [0.05, 0.1) is 15.9 Å². The van der Waals surface area contributed by atoms with E-state index < -0.39 is 0 Å². The summed E-state index contributed by atoms with van der Waals surface area (Å²) in [6.07, 6.45) is 0. The van der Waals surface area contributed by atoms with Gasteiger partial charge in [-0.3, -0.25) is 4.79 Å². The van der Waals surface area contributed by atoms with Crippen molar-refractivity contribution in [2.24, 2.45) is 11.0 Å². The van der Waals surface area contributed by atoms with E-state index in [-0.39, 0.29) is 23.7 Å². The number of carbonyl (C=O) groups excluding carboxylic acids is 1. The molecule has 1 aromatic carbocycles. The minimum absolute atomic E-state index is 0.0162. The molecule has 2 aromatic rings. The van der Waals surface area contributed by atoms with E-state index in [0.717, 1.165) is 5.75 Å². The van der Waals surface area contributed by atoms with E-state index in [0.29, 0.717) is 37.6 Å². The second kappa shape index (κ2) is 6.83. The number of thioether (sulfide) groups is 1. The van der Waals surface area contributed by atoms with Gasteiger partial charge in [0.2, 0.25) is 0 Å². The number of para-hydroxylation sites is 1. The van der Waals surface area contributed by atoms with E-state index >= 15 is 0 Å². The number of carbonyl (C=O) groups is 1. The van der Waals surface area contributed by atoms with Crippen molar-refractivity contribution in [3.8, 4) is 0 Å². The van der Waals surface area contributed by atoms with Gasteiger partial charge in [0.15, 0.2) is 0 Å². The van der Waals surface area contributed by atoms with Crippen LogP contribution in [0.3, 0.4) is 0 Å². The molecular weight excluding hydrogens is 383 g/mol. The quantitative estimate of drug-likeness (QED) is 0.839. The molecule has 1 fully saturated rings. The molecule has 5 rings (SSSR count). The normalized spacial score (nSPS) is 24.1. The topological polar surface area (TPSA) is 47.9 Å². The Bertz CT molecular complexity index is 907. The number of anilines is 1. The van der Waals surface area contributed by atoms with E-state index in [1.165, 1.54) is 15.8 Å². The van der Waals surface area contributed by atoms with Crippen molar-refractivity contribution >= 4 is 40.4 Å². The number of nitrogens with one attached hydrogen (secondary N) is 1. The fraction of sp³-hybridized carbons (Fsp3) is 0.368. The van der Waals surface area contributed by atoms with Crippen LogP contribution in [0.15, 0.2) is 45.0 Å². The predicted molar refractivity (Wildman–Crippen MR) is 107 cm³/mol. The van der Waals surface area contributed by atoms with Gasteiger partial charge >= 0.3 is 0 Å². The lowest BCUT2D eigenvalue weighted by atomic mass is 9.92. The number of benzene rings is 1. The Balaban J connectivity index is 1.26. The Hall–Kier alpha value is -2.06. The largest absolute Gasteiger partial charge is 0.366 e. The molecule has 3 aliphatic heterocycles. The zero-order chi connectivity index (χ0) is 18.4. The van der Waals surface area contributed by atoms with Crippen LogP contribution in [-0.2, 0) is 4.79 Å². The second-order valence-electron chi connectivity index (χ2n) is 6.92. The Morgan fingerprint density at radius 1 is 1.19 bits per heavy atom. The number of hydrazone groups is 1. The molecule has 2 atom stereocenters. The molecule has 140 valence electrons. The number of amides is 1. The molecule has 0 aliphatic carbocycles. The lowest BCUT2D eigenvalue weighted by Crippen LogP contribution is -2.51. The number of hydrogen-bond donors (Lipinski definition) is 1. The highest BCUT2D eigenvalue weighted by Gasteiger charge is 2.42. The lowest BCUT2D eigenvalue weighted by molar-refractivity contribution is -0.124. The van der Waals surface area contributed by atoms with Crippen LogP contribution in [0.25, 0.3) is 0 Å². The summed E-state index contributed by atoms with van der Waals surface area (Å²) in [5.41, 5.74) is 5.70. The van der Waals surface area contributed by atoms with Gasteiger partial charge in [0, 0.05) is 43.4 Å². The van der Waals surface area contributed by atoms with Gasteiger partial charge in [-0.05, 0) is 23.6 Å². The molecule has 0 bridgehead atoms. The molecule has 0 radical (unpaired) electrons. The van der Waals surface area contributed by atoms with Crippen molar-refractivity contribution in [1.82, 2.24) is 10.3 Å². The predicted octanol–water partition coefficient (Wildman–Crippen LogP) is 2.96. The SMILES string of the molecule is O=C(C1=NNC2c3ccsc3SCC12)N1CCN(c2ccccc2F)CC1. The maximum Gasteiger partial charge on any atom is 0.270 e. The summed E-state index contributed by atoms with van der Waals surface area (Å²) in [6.45, 7) is 2.43. The van der Waals surface area contributed by atoms with E-state index in [4.69, 9.17) is 0 Å². The van der Waals surface area contributed by atoms with Crippen LogP contribution < -0.4 is 10.3 Å². The van der Waals surface area contributed by atoms with Crippen molar-refractivity contribution in [1.29, 1.82) is 0 Å². The van der Waals surface area contributed by atoms with E-state index in [1.807, 2.05) is 27.6 Å². The molecule has 4 heterocycles. The summed E-state index contributed by atoms with van der Waals surface area (Å²) < 4.78 is 15.3. The fourth-order valence-electron chi connectivity index (χ4n) is 3.98. The highest BCUT2D eigenvalue weighted by molar-refractivity contribution is 8.01. The average Bonchev–Trinajstić information content (AvgIpc) is 3.34. The summed E-state index contributed by atoms with van der Waals surface area (Å²) in [7, 11) is 0. The van der Waals surface area contributed by atoms with Crippen LogP contribution in [0.5, 0.6) is 0 Å². The van der Waals surface area contributed by atoms with Crippen LogP contribution in [-0.4, -0.2) is 48.5 Å². The summed E-state index contributed by atoms with van der Waals surface area (Å²) in [6, 6.07) is 9.06. The van der Waals surface area contributed by atoms with Crippen molar-refractivity contribution in [2.75, 3.05) is 36.8 Å². The summed E-state index contributed by atoms with van der Waals surface area (Å²) >= 11 is 3.57. The molecule has 2 unspecified atom stereocenters. The minimum atomic E-state index is -0.213. The van der Waals surface area contributed by atoms with Crippen LogP contribution in [0.4, 0.5) is 10.1 Å². The molecule has 1 N–H and O–H groups in total. The first-order valence-corrected chi connectivity index (χ1v) is 10.9. The molecule has 5 nitrogen and oxygen atoms in total. The number of hydrogen-bond acceptors (Lipinski definition) is 6. The first-order chi connectivity index (χ1) is 13.2. The Labute approximate surface area is 165 Å². The van der Waals surface area contributed by atoms with Crippen LogP contribution >= 0.6 is 23.1 Å². The number of nitrogens with zero attached hydrogens (tertiary/aromatic N) is 3. The van der Waals surface area contributed by atoms with Crippen molar-refractivity contribution < 1.29 is 9.18 Å². The maximum absolute atomic E-state index is 14.0. The maximum atomic E-state index is 14.0. The lowest BCUT2D eigenvalue weighted by Gasteiger charge is -2.36. The molecule has 1 saturated heterocycles. The van der Waals surface area contributed by atoms with Crippen molar-refractivity contribution in [3.63, 3.8) is 0 Å². The molecule has 0 saturated carbocycles. The third kappa shape index (κ3) is 2.91. The van der Waals surface area contributed by atoms with Gasteiger partial charge < -0.3 is 15.2 Å². The molecule has 1 amide bonds. The first-order valence-electron chi connectivity index (χ1n) is 9.04. The number of fused-ring (bicyclic) bond motifs is 3. The van der Waals surface area contributed by atoms with Gasteiger partial charge in [-0.1, -0.05) is 12.1 Å². The highest BCUT2D eigenvalue weighted by Crippen LogP contribution is 2.45.